The van der Waals surface area contributed by atoms with E-state index >= 15 is 0 Å². The van der Waals surface area contributed by atoms with E-state index in [2.05, 4.69) is 17.0 Å². The molecule has 1 radical (unpaired) electrons. The van der Waals surface area contributed by atoms with E-state index in [4.69, 9.17) is 8.85 Å². The van der Waals surface area contributed by atoms with Gasteiger partial charge in [0.15, 0.2) is 0 Å². The summed E-state index contributed by atoms with van der Waals surface area (Å²) in [5, 5.41) is 0. The molecule has 0 saturated heterocycles. The van der Waals surface area contributed by atoms with Crippen LogP contribution in [0.15, 0.2) is 24.3 Å². The van der Waals surface area contributed by atoms with Gasteiger partial charge in [0.05, 0.1) is 0 Å². The molecule has 83 valence electrons. The number of anilines is 1. The SMILES string of the molecule is CO[Si](Cc1ccccc1N(C)C)OC. The summed E-state index contributed by atoms with van der Waals surface area (Å²) in [4.78, 5) is 2.11. The molecule has 3 nitrogen and oxygen atoms in total. The standard InChI is InChI=1S/C11H18NO2Si/c1-12(2)11-8-6-5-7-10(11)9-15(13-3)14-4/h5-8H,9H2,1-4H3. The van der Waals surface area contributed by atoms with Gasteiger partial charge < -0.3 is 13.8 Å². The molecule has 0 atom stereocenters. The van der Waals surface area contributed by atoms with Crippen molar-refractivity contribution in [3.05, 3.63) is 29.8 Å². The Morgan fingerprint density at radius 3 is 2.27 bits per heavy atom. The minimum Gasteiger partial charge on any atom is -0.397 e. The Balaban J connectivity index is 2.83. The zero-order chi connectivity index (χ0) is 11.3. The Kier molecular flexibility index (Phi) is 4.81. The van der Waals surface area contributed by atoms with Crippen LogP contribution in [0, 0.1) is 0 Å². The third kappa shape index (κ3) is 3.34. The van der Waals surface area contributed by atoms with E-state index in [9.17, 15) is 0 Å². The second-order valence-electron chi connectivity index (χ2n) is 3.48. The van der Waals surface area contributed by atoms with Gasteiger partial charge in [-0.25, -0.2) is 0 Å². The number of rotatable bonds is 5. The van der Waals surface area contributed by atoms with Gasteiger partial charge in [-0.15, -0.1) is 0 Å². The first kappa shape index (κ1) is 12.2. The van der Waals surface area contributed by atoms with E-state index < -0.39 is 9.28 Å². The van der Waals surface area contributed by atoms with Crippen LogP contribution in [-0.2, 0) is 14.9 Å². The molecule has 1 rings (SSSR count). The summed E-state index contributed by atoms with van der Waals surface area (Å²) in [5.41, 5.74) is 2.51. The molecule has 0 saturated carbocycles. The molecular weight excluding hydrogens is 206 g/mol. The number of benzene rings is 1. The van der Waals surface area contributed by atoms with Gasteiger partial charge in [0.2, 0.25) is 0 Å². The first-order chi connectivity index (χ1) is 7.19. The van der Waals surface area contributed by atoms with Crippen LogP contribution >= 0.6 is 0 Å². The number of hydrogen-bond donors (Lipinski definition) is 0. The van der Waals surface area contributed by atoms with Crippen molar-refractivity contribution >= 4 is 15.0 Å². The van der Waals surface area contributed by atoms with E-state index in [-0.39, 0.29) is 0 Å². The van der Waals surface area contributed by atoms with Gasteiger partial charge >= 0.3 is 9.28 Å². The lowest BCUT2D eigenvalue weighted by molar-refractivity contribution is 0.277. The highest BCUT2D eigenvalue weighted by Crippen LogP contribution is 2.19. The minimum atomic E-state index is -1.16. The van der Waals surface area contributed by atoms with Gasteiger partial charge in [0.25, 0.3) is 0 Å². The maximum absolute atomic E-state index is 5.30. The van der Waals surface area contributed by atoms with Crippen molar-refractivity contribution in [1.29, 1.82) is 0 Å². The fourth-order valence-corrected chi connectivity index (χ4v) is 2.55. The summed E-state index contributed by atoms with van der Waals surface area (Å²) in [6.45, 7) is 0. The normalized spacial score (nSPS) is 10.7. The largest absolute Gasteiger partial charge is 0.397 e. The predicted octanol–water partition coefficient (Wildman–Crippen LogP) is 1.62. The van der Waals surface area contributed by atoms with Crippen molar-refractivity contribution in [1.82, 2.24) is 0 Å². The van der Waals surface area contributed by atoms with Crippen LogP contribution in [-0.4, -0.2) is 37.6 Å². The molecule has 0 fully saturated rings. The van der Waals surface area contributed by atoms with E-state index in [1.54, 1.807) is 14.2 Å². The van der Waals surface area contributed by atoms with Gasteiger partial charge in [-0.3, -0.25) is 0 Å². The Bertz CT molecular complexity index is 300. The van der Waals surface area contributed by atoms with Gasteiger partial charge in [0.1, 0.15) is 0 Å². The molecule has 0 aromatic heterocycles. The summed E-state index contributed by atoms with van der Waals surface area (Å²) >= 11 is 0. The highest BCUT2D eigenvalue weighted by molar-refractivity contribution is 6.43. The molecule has 15 heavy (non-hydrogen) atoms. The van der Waals surface area contributed by atoms with Gasteiger partial charge in [-0.2, -0.15) is 0 Å². The van der Waals surface area contributed by atoms with Gasteiger partial charge in [-0.1, -0.05) is 18.2 Å². The lowest BCUT2D eigenvalue weighted by atomic mass is 10.2. The second kappa shape index (κ2) is 5.90. The zero-order valence-electron chi connectivity index (χ0n) is 9.78. The van der Waals surface area contributed by atoms with Gasteiger partial charge in [0, 0.05) is 40.0 Å². The average molecular weight is 224 g/mol. The van der Waals surface area contributed by atoms with Crippen LogP contribution in [0.4, 0.5) is 5.69 Å². The molecule has 0 N–H and O–H groups in total. The minimum absolute atomic E-state index is 0.867. The van der Waals surface area contributed by atoms with E-state index in [0.717, 1.165) is 6.04 Å². The molecule has 0 spiro atoms. The summed E-state index contributed by atoms with van der Waals surface area (Å²) in [7, 11) is 6.34. The fraction of sp³-hybridized carbons (Fsp3) is 0.455. The van der Waals surface area contributed by atoms with Gasteiger partial charge in [-0.05, 0) is 11.6 Å². The van der Waals surface area contributed by atoms with Crippen LogP contribution in [0.3, 0.4) is 0 Å². The highest BCUT2D eigenvalue weighted by atomic mass is 28.3. The molecule has 0 heterocycles. The molecule has 0 aliphatic carbocycles. The molecule has 0 aliphatic rings. The summed E-state index contributed by atoms with van der Waals surface area (Å²) < 4.78 is 10.6. The van der Waals surface area contributed by atoms with Crippen LogP contribution in [0.2, 0.25) is 0 Å². The van der Waals surface area contributed by atoms with E-state index in [1.807, 2.05) is 26.2 Å². The lowest BCUT2D eigenvalue weighted by Crippen LogP contribution is -2.24. The molecule has 0 aliphatic heterocycles. The van der Waals surface area contributed by atoms with Crippen LogP contribution in [0.1, 0.15) is 5.56 Å². The predicted molar refractivity (Wildman–Crippen MR) is 64.2 cm³/mol. The second-order valence-corrected chi connectivity index (χ2v) is 5.39. The first-order valence-electron chi connectivity index (χ1n) is 4.88. The monoisotopic (exact) mass is 224 g/mol. The van der Waals surface area contributed by atoms with Crippen molar-refractivity contribution in [2.75, 3.05) is 33.2 Å². The smallest absolute Gasteiger partial charge is 0.388 e. The summed E-state index contributed by atoms with van der Waals surface area (Å²) in [5.74, 6) is 0. The Morgan fingerprint density at radius 2 is 1.73 bits per heavy atom. The van der Waals surface area contributed by atoms with Crippen molar-refractivity contribution in [2.24, 2.45) is 0 Å². The molecule has 0 unspecified atom stereocenters. The van der Waals surface area contributed by atoms with Crippen LogP contribution < -0.4 is 4.90 Å². The third-order valence-corrected chi connectivity index (χ3v) is 3.84. The molecular formula is C11H18NO2Si. The third-order valence-electron chi connectivity index (χ3n) is 2.26. The van der Waals surface area contributed by atoms with Crippen molar-refractivity contribution in [3.63, 3.8) is 0 Å². The van der Waals surface area contributed by atoms with Crippen molar-refractivity contribution < 1.29 is 8.85 Å². The number of para-hydroxylation sites is 1. The quantitative estimate of drug-likeness (QED) is 0.709. The number of nitrogens with zero attached hydrogens (tertiary/aromatic N) is 1. The highest BCUT2D eigenvalue weighted by Gasteiger charge is 2.15. The van der Waals surface area contributed by atoms with Crippen molar-refractivity contribution in [2.45, 2.75) is 6.04 Å². The fourth-order valence-electron chi connectivity index (χ4n) is 1.48. The van der Waals surface area contributed by atoms with Crippen molar-refractivity contribution in [3.8, 4) is 0 Å². The van der Waals surface area contributed by atoms with Crippen LogP contribution in [0.5, 0.6) is 0 Å². The maximum atomic E-state index is 5.30. The maximum Gasteiger partial charge on any atom is 0.388 e. The first-order valence-corrected chi connectivity index (χ1v) is 6.40. The number of hydrogen-bond acceptors (Lipinski definition) is 3. The summed E-state index contributed by atoms with van der Waals surface area (Å²) in [6, 6.07) is 9.20. The molecule has 4 heteroatoms. The molecule has 0 amide bonds. The van der Waals surface area contributed by atoms with E-state index in [0.29, 0.717) is 0 Å². The van der Waals surface area contributed by atoms with E-state index in [1.165, 1.54) is 11.3 Å². The molecule has 1 aromatic carbocycles. The topological polar surface area (TPSA) is 21.7 Å². The Morgan fingerprint density at radius 1 is 1.13 bits per heavy atom. The lowest BCUT2D eigenvalue weighted by Gasteiger charge is -2.18. The zero-order valence-corrected chi connectivity index (χ0v) is 10.8. The molecule has 0 bridgehead atoms. The average Bonchev–Trinajstić information content (AvgIpc) is 2.26. The van der Waals surface area contributed by atoms with Crippen LogP contribution in [0.25, 0.3) is 0 Å². The Labute approximate surface area is 93.5 Å². The Hall–Kier alpha value is -0.843. The molecule has 1 aromatic rings. The summed E-state index contributed by atoms with van der Waals surface area (Å²) in [6.07, 6.45) is 0.